The molecule has 3 nitrogen and oxygen atoms in total. The Balaban J connectivity index is 0. The summed E-state index contributed by atoms with van der Waals surface area (Å²) in [4.78, 5) is 23.2. The summed E-state index contributed by atoms with van der Waals surface area (Å²) < 4.78 is 0. The van der Waals surface area contributed by atoms with Crippen LogP contribution in [0.15, 0.2) is 0 Å². The molecule has 0 rings (SSSR count). The fourth-order valence-corrected chi connectivity index (χ4v) is 0. The van der Waals surface area contributed by atoms with E-state index in [1.54, 1.807) is 0 Å². The molecule has 0 bridgehead atoms. The topological polar surface area (TPSA) is 60.7 Å². The molecule has 0 spiro atoms. The smallest absolute Gasteiger partial charge is 0.193 e. The minimum absolute atomic E-state index is 0. The molecule has 5 heteroatoms. The zero-order valence-corrected chi connectivity index (χ0v) is 5.74. The van der Waals surface area contributed by atoms with Crippen LogP contribution in [-0.4, -0.2) is 21.3 Å². The van der Waals surface area contributed by atoms with E-state index in [1.165, 1.54) is 0 Å². The van der Waals surface area contributed by atoms with Crippen molar-refractivity contribution in [2.75, 3.05) is 6.66 Å². The Bertz CT molecular complexity index is 26.3. The van der Waals surface area contributed by atoms with Crippen LogP contribution in [0.4, 0.5) is 0 Å². The van der Waals surface area contributed by atoms with Gasteiger partial charge in [-0.3, -0.25) is 0 Å². The first-order chi connectivity index (χ1) is 2.00. The van der Waals surface area contributed by atoms with Crippen molar-refractivity contribution in [3.63, 3.8) is 0 Å². The molecular formula is CH6O3PTi+. The van der Waals surface area contributed by atoms with E-state index in [-0.39, 0.29) is 21.7 Å². The van der Waals surface area contributed by atoms with Crippen LogP contribution in [0.3, 0.4) is 0 Å². The van der Waals surface area contributed by atoms with Crippen LogP contribution < -0.4 is 0 Å². The molecule has 0 heterocycles. The van der Waals surface area contributed by atoms with Gasteiger partial charge in [0, 0.05) is 21.7 Å². The molecule has 0 atom stereocenters. The molecule has 0 aliphatic rings. The molecular weight excluding hydrogens is 139 g/mol. The fourth-order valence-electron chi connectivity index (χ4n) is 0. The molecule has 0 aliphatic heterocycles. The second kappa shape index (κ2) is 3.08. The molecule has 0 aliphatic carbocycles. The van der Waals surface area contributed by atoms with Crippen LogP contribution >= 0.6 is 7.94 Å². The standard InChI is InChI=1S/CH6O3P.Ti/c1-5(2,3)4;/h2-4H,1H3;/q+1;. The molecule has 0 aromatic carbocycles. The second-order valence-electron chi connectivity index (χ2n) is 0.868. The van der Waals surface area contributed by atoms with E-state index in [9.17, 15) is 0 Å². The molecule has 0 radical (unpaired) electrons. The molecule has 0 amide bonds. The summed E-state index contributed by atoms with van der Waals surface area (Å²) in [5.74, 6) is 0. The monoisotopic (exact) mass is 145 g/mol. The summed E-state index contributed by atoms with van der Waals surface area (Å²) in [6.45, 7) is 0.965. The van der Waals surface area contributed by atoms with Gasteiger partial charge < -0.3 is 0 Å². The normalized spacial score (nSPS) is 10.0. The van der Waals surface area contributed by atoms with E-state index in [0.717, 1.165) is 6.66 Å². The van der Waals surface area contributed by atoms with Gasteiger partial charge in [0.05, 0.1) is 0 Å². The Kier molecular flexibility index (Phi) is 5.19. The third-order valence-corrected chi connectivity index (χ3v) is 0. The minimum atomic E-state index is -3.39. The molecule has 0 saturated carbocycles. The van der Waals surface area contributed by atoms with E-state index in [4.69, 9.17) is 14.7 Å². The van der Waals surface area contributed by atoms with Gasteiger partial charge in [0.1, 0.15) is 6.66 Å². The Hall–Kier alpha value is 1.02. The molecule has 6 heavy (non-hydrogen) atoms. The minimum Gasteiger partial charge on any atom is -0.193 e. The van der Waals surface area contributed by atoms with Crippen LogP contribution in [0, 0.1) is 0 Å². The van der Waals surface area contributed by atoms with Crippen molar-refractivity contribution in [2.24, 2.45) is 0 Å². The quantitative estimate of drug-likeness (QED) is 0.313. The van der Waals surface area contributed by atoms with E-state index in [1.807, 2.05) is 0 Å². The average Bonchev–Trinajstić information content (AvgIpc) is 0.722. The summed E-state index contributed by atoms with van der Waals surface area (Å²) in [6, 6.07) is 0. The van der Waals surface area contributed by atoms with Crippen molar-refractivity contribution in [3.05, 3.63) is 0 Å². The largest absolute Gasteiger partial charge is 0.400 e. The Morgan fingerprint density at radius 1 is 1.17 bits per heavy atom. The SMILES string of the molecule is C[P+](O)(O)O.[Ti]. The number of rotatable bonds is 0. The summed E-state index contributed by atoms with van der Waals surface area (Å²) in [5.41, 5.74) is 0. The van der Waals surface area contributed by atoms with Crippen molar-refractivity contribution in [1.82, 2.24) is 0 Å². The van der Waals surface area contributed by atoms with Gasteiger partial charge in [-0.25, -0.2) is 0 Å². The van der Waals surface area contributed by atoms with Gasteiger partial charge in [0.2, 0.25) is 0 Å². The van der Waals surface area contributed by atoms with Crippen molar-refractivity contribution >= 4 is 7.94 Å². The summed E-state index contributed by atoms with van der Waals surface area (Å²) in [5, 5.41) is 0. The molecule has 0 saturated heterocycles. The van der Waals surface area contributed by atoms with Gasteiger partial charge in [0.15, 0.2) is 0 Å². The molecule has 3 N–H and O–H groups in total. The molecule has 0 aromatic heterocycles. The summed E-state index contributed by atoms with van der Waals surface area (Å²) in [6.07, 6.45) is 0. The summed E-state index contributed by atoms with van der Waals surface area (Å²) in [7, 11) is -3.39. The first-order valence-electron chi connectivity index (χ1n) is 1.05. The van der Waals surface area contributed by atoms with E-state index in [0.29, 0.717) is 0 Å². The van der Waals surface area contributed by atoms with Gasteiger partial charge in [-0.05, 0) is 0 Å². The maximum atomic E-state index is 7.74. The van der Waals surface area contributed by atoms with E-state index < -0.39 is 7.94 Å². The third kappa shape index (κ3) is 77.6. The van der Waals surface area contributed by atoms with Crippen LogP contribution in [-0.2, 0) is 21.7 Å². The average molecular weight is 145 g/mol. The van der Waals surface area contributed by atoms with Gasteiger partial charge in [-0.15, -0.1) is 0 Å². The van der Waals surface area contributed by atoms with Gasteiger partial charge in [-0.2, -0.15) is 14.7 Å². The summed E-state index contributed by atoms with van der Waals surface area (Å²) >= 11 is 0. The number of hydrogen-bond acceptors (Lipinski definition) is 3. The molecule has 0 unspecified atom stereocenters. The van der Waals surface area contributed by atoms with Crippen molar-refractivity contribution < 1.29 is 36.4 Å². The molecule has 36 valence electrons. The maximum Gasteiger partial charge on any atom is 0.400 e. The molecule has 0 fully saturated rings. The van der Waals surface area contributed by atoms with Crippen molar-refractivity contribution in [2.45, 2.75) is 0 Å². The van der Waals surface area contributed by atoms with Crippen LogP contribution in [0.1, 0.15) is 0 Å². The zero-order valence-electron chi connectivity index (χ0n) is 3.29. The van der Waals surface area contributed by atoms with Gasteiger partial charge in [0.25, 0.3) is 0 Å². The van der Waals surface area contributed by atoms with E-state index in [2.05, 4.69) is 0 Å². The Morgan fingerprint density at radius 3 is 1.17 bits per heavy atom. The van der Waals surface area contributed by atoms with Crippen LogP contribution in [0.25, 0.3) is 0 Å². The fraction of sp³-hybridized carbons (Fsp3) is 1.00. The van der Waals surface area contributed by atoms with Crippen molar-refractivity contribution in [3.8, 4) is 0 Å². The number of hydrogen-bond donors (Lipinski definition) is 3. The van der Waals surface area contributed by atoms with Crippen molar-refractivity contribution in [1.29, 1.82) is 0 Å². The maximum absolute atomic E-state index is 7.74. The third-order valence-electron chi connectivity index (χ3n) is 0. The molecule has 0 aromatic rings. The Morgan fingerprint density at radius 2 is 1.17 bits per heavy atom. The van der Waals surface area contributed by atoms with Gasteiger partial charge in [-0.1, -0.05) is 0 Å². The predicted molar refractivity (Wildman–Crippen MR) is 19.5 cm³/mol. The van der Waals surface area contributed by atoms with Gasteiger partial charge >= 0.3 is 7.94 Å². The second-order valence-corrected chi connectivity index (χ2v) is 2.60. The zero-order chi connectivity index (χ0) is 4.50. The van der Waals surface area contributed by atoms with E-state index >= 15 is 0 Å². The first kappa shape index (κ1) is 10.1. The predicted octanol–water partition coefficient (Wildman–Crippen LogP) is -0.647. The van der Waals surface area contributed by atoms with Crippen LogP contribution in [0.2, 0.25) is 0 Å². The van der Waals surface area contributed by atoms with Crippen LogP contribution in [0.5, 0.6) is 0 Å². The Labute approximate surface area is 51.5 Å². The first-order valence-corrected chi connectivity index (χ1v) is 3.14.